The van der Waals surface area contributed by atoms with E-state index in [2.05, 4.69) is 20.5 Å². The van der Waals surface area contributed by atoms with E-state index < -0.39 is 18.0 Å². The predicted octanol–water partition coefficient (Wildman–Crippen LogP) is 3.35. The van der Waals surface area contributed by atoms with E-state index in [4.69, 9.17) is 19.4 Å². The van der Waals surface area contributed by atoms with E-state index in [9.17, 15) is 22.4 Å². The van der Waals surface area contributed by atoms with Crippen molar-refractivity contribution in [2.24, 2.45) is 0 Å². The van der Waals surface area contributed by atoms with Gasteiger partial charge >= 0.3 is 12.1 Å². The Bertz CT molecular complexity index is 968. The maximum Gasteiger partial charge on any atom is 0.490 e. The van der Waals surface area contributed by atoms with E-state index >= 15 is 0 Å². The number of hydrogen-bond acceptors (Lipinski definition) is 7. The molecule has 0 atom stereocenters. The molecular formula is C21H24F4N4O5. The van der Waals surface area contributed by atoms with Crippen LogP contribution < -0.4 is 15.4 Å². The predicted molar refractivity (Wildman–Crippen MR) is 114 cm³/mol. The molecule has 9 nitrogen and oxygen atoms in total. The Morgan fingerprint density at radius 1 is 1.21 bits per heavy atom. The average molecular weight is 488 g/mol. The minimum absolute atomic E-state index is 0.0783. The highest BCUT2D eigenvalue weighted by Crippen LogP contribution is 2.27. The summed E-state index contributed by atoms with van der Waals surface area (Å²) in [4.78, 5) is 26.5. The van der Waals surface area contributed by atoms with Crippen LogP contribution in [0.1, 0.15) is 6.92 Å². The van der Waals surface area contributed by atoms with Gasteiger partial charge in [0.25, 0.3) is 0 Å². The first-order valence-corrected chi connectivity index (χ1v) is 10.1. The number of carboxylic acid groups (broad SMARTS) is 1. The van der Waals surface area contributed by atoms with Gasteiger partial charge in [0.05, 0.1) is 13.2 Å². The number of anilines is 2. The molecule has 0 bridgehead atoms. The third-order valence-corrected chi connectivity index (χ3v) is 4.29. The van der Waals surface area contributed by atoms with E-state index in [0.29, 0.717) is 17.3 Å². The van der Waals surface area contributed by atoms with Crippen LogP contribution in [0.15, 0.2) is 36.5 Å². The van der Waals surface area contributed by atoms with Crippen LogP contribution in [0.4, 0.5) is 29.1 Å². The van der Waals surface area contributed by atoms with Gasteiger partial charge in [-0.2, -0.15) is 13.2 Å². The van der Waals surface area contributed by atoms with Crippen molar-refractivity contribution >= 4 is 23.4 Å². The van der Waals surface area contributed by atoms with Crippen LogP contribution in [0, 0.1) is 5.82 Å². The lowest BCUT2D eigenvalue weighted by Gasteiger charge is -2.26. The standard InChI is InChI=1S/C19H23FN4O3.C2HF3O2/c1-14(25)23-15-2-3-18(17(20)12-15)27-16-4-5-21-19(13-16)22-6-7-24-8-10-26-11-9-24;3-2(4,5)1(6)7/h2-5,12-13H,6-11H2,1H3,(H,21,22)(H,23,25);(H,6,7). The Labute approximate surface area is 192 Å². The lowest BCUT2D eigenvalue weighted by atomic mass is 10.3. The Kier molecular flexibility index (Phi) is 10.0. The number of pyridine rings is 1. The number of hydrogen-bond donors (Lipinski definition) is 3. The molecule has 3 rings (SSSR count). The molecule has 1 aromatic heterocycles. The number of nitrogens with one attached hydrogen (secondary N) is 2. The first kappa shape index (κ1) is 26.8. The topological polar surface area (TPSA) is 113 Å². The second kappa shape index (κ2) is 12.7. The highest BCUT2D eigenvalue weighted by Gasteiger charge is 2.38. The largest absolute Gasteiger partial charge is 0.490 e. The average Bonchev–Trinajstić information content (AvgIpc) is 2.76. The summed E-state index contributed by atoms with van der Waals surface area (Å²) in [5, 5.41) is 12.9. The van der Waals surface area contributed by atoms with Crippen molar-refractivity contribution in [3.05, 3.63) is 42.3 Å². The summed E-state index contributed by atoms with van der Waals surface area (Å²) < 4.78 is 56.8. The molecule has 1 aromatic carbocycles. The van der Waals surface area contributed by atoms with Gasteiger partial charge in [0.1, 0.15) is 11.6 Å². The number of aliphatic carboxylic acids is 1. The van der Waals surface area contributed by atoms with Gasteiger partial charge in [0.2, 0.25) is 5.91 Å². The van der Waals surface area contributed by atoms with Crippen LogP contribution in [0.5, 0.6) is 11.5 Å². The molecule has 13 heteroatoms. The number of morpholine rings is 1. The van der Waals surface area contributed by atoms with Gasteiger partial charge in [-0.05, 0) is 18.2 Å². The second-order valence-corrected chi connectivity index (χ2v) is 6.99. The SMILES string of the molecule is CC(=O)Nc1ccc(Oc2ccnc(NCCN3CCOCC3)c2)c(F)c1.O=C(O)C(F)(F)F. The van der Waals surface area contributed by atoms with Crippen molar-refractivity contribution < 1.29 is 41.7 Å². The van der Waals surface area contributed by atoms with E-state index in [0.717, 1.165) is 39.4 Å². The molecular weight excluding hydrogens is 464 g/mol. The van der Waals surface area contributed by atoms with E-state index in [1.165, 1.54) is 19.1 Å². The molecule has 1 aliphatic rings. The second-order valence-electron chi connectivity index (χ2n) is 6.99. The zero-order valence-electron chi connectivity index (χ0n) is 18.2. The fourth-order valence-corrected chi connectivity index (χ4v) is 2.73. The maximum atomic E-state index is 14.2. The van der Waals surface area contributed by atoms with Crippen LogP contribution in [0.25, 0.3) is 0 Å². The number of carboxylic acids is 1. The Morgan fingerprint density at radius 2 is 1.88 bits per heavy atom. The molecule has 2 heterocycles. The van der Waals surface area contributed by atoms with Crippen LogP contribution >= 0.6 is 0 Å². The van der Waals surface area contributed by atoms with E-state index in [-0.39, 0.29) is 11.7 Å². The van der Waals surface area contributed by atoms with Crippen molar-refractivity contribution in [2.75, 3.05) is 50.0 Å². The van der Waals surface area contributed by atoms with Crippen molar-refractivity contribution in [3.63, 3.8) is 0 Å². The smallest absolute Gasteiger partial charge is 0.475 e. The fourth-order valence-electron chi connectivity index (χ4n) is 2.73. The Hall–Kier alpha value is -3.45. The van der Waals surface area contributed by atoms with Gasteiger partial charge in [-0.15, -0.1) is 0 Å². The molecule has 186 valence electrons. The van der Waals surface area contributed by atoms with Crippen molar-refractivity contribution in [1.29, 1.82) is 0 Å². The normalized spacial score (nSPS) is 13.9. The summed E-state index contributed by atoms with van der Waals surface area (Å²) in [7, 11) is 0. The number of amides is 1. The Morgan fingerprint density at radius 3 is 2.47 bits per heavy atom. The van der Waals surface area contributed by atoms with Crippen LogP contribution in [-0.4, -0.2) is 72.4 Å². The van der Waals surface area contributed by atoms with Gasteiger partial charge in [-0.1, -0.05) is 0 Å². The third-order valence-electron chi connectivity index (χ3n) is 4.29. The van der Waals surface area contributed by atoms with E-state index in [1.807, 2.05) is 0 Å². The van der Waals surface area contributed by atoms with Crippen LogP contribution in [-0.2, 0) is 14.3 Å². The summed E-state index contributed by atoms with van der Waals surface area (Å²) in [6, 6.07) is 7.67. The molecule has 1 fully saturated rings. The monoisotopic (exact) mass is 488 g/mol. The first-order chi connectivity index (χ1) is 16.0. The minimum Gasteiger partial charge on any atom is -0.475 e. The zero-order chi connectivity index (χ0) is 25.1. The molecule has 1 saturated heterocycles. The number of alkyl halides is 3. The number of rotatable bonds is 7. The summed E-state index contributed by atoms with van der Waals surface area (Å²) in [6.45, 7) is 6.43. The van der Waals surface area contributed by atoms with Crippen molar-refractivity contribution in [1.82, 2.24) is 9.88 Å². The van der Waals surface area contributed by atoms with Gasteiger partial charge in [-0.3, -0.25) is 9.69 Å². The molecule has 3 N–H and O–H groups in total. The van der Waals surface area contributed by atoms with Crippen molar-refractivity contribution in [3.8, 4) is 11.5 Å². The minimum atomic E-state index is -5.08. The molecule has 0 radical (unpaired) electrons. The lowest BCUT2D eigenvalue weighted by molar-refractivity contribution is -0.192. The van der Waals surface area contributed by atoms with Gasteiger partial charge in [-0.25, -0.2) is 14.2 Å². The van der Waals surface area contributed by atoms with Gasteiger partial charge in [0, 0.05) is 57.1 Å². The molecule has 0 saturated carbocycles. The molecule has 1 aliphatic heterocycles. The quantitative estimate of drug-likeness (QED) is 0.509. The molecule has 0 unspecified atom stereocenters. The highest BCUT2D eigenvalue weighted by molar-refractivity contribution is 5.88. The van der Waals surface area contributed by atoms with Gasteiger partial charge < -0.3 is 25.2 Å². The molecule has 0 aliphatic carbocycles. The fraction of sp³-hybridized carbons (Fsp3) is 0.381. The first-order valence-electron chi connectivity index (χ1n) is 10.1. The van der Waals surface area contributed by atoms with Crippen LogP contribution in [0.2, 0.25) is 0 Å². The number of ether oxygens (including phenoxy) is 2. The summed E-state index contributed by atoms with van der Waals surface area (Å²) in [5.74, 6) is -2.35. The van der Waals surface area contributed by atoms with Crippen LogP contribution in [0.3, 0.4) is 0 Å². The van der Waals surface area contributed by atoms with E-state index in [1.54, 1.807) is 24.4 Å². The zero-order valence-corrected chi connectivity index (χ0v) is 18.2. The number of aromatic nitrogens is 1. The lowest BCUT2D eigenvalue weighted by Crippen LogP contribution is -2.39. The molecule has 0 spiro atoms. The number of benzene rings is 1. The molecule has 1 amide bonds. The number of carbonyl (C=O) groups excluding carboxylic acids is 1. The van der Waals surface area contributed by atoms with Gasteiger partial charge in [0.15, 0.2) is 11.6 Å². The summed E-state index contributed by atoms with van der Waals surface area (Å²) >= 11 is 0. The number of carbonyl (C=O) groups is 2. The van der Waals surface area contributed by atoms with Crippen molar-refractivity contribution in [2.45, 2.75) is 13.1 Å². The molecule has 34 heavy (non-hydrogen) atoms. The third kappa shape index (κ3) is 9.58. The summed E-state index contributed by atoms with van der Waals surface area (Å²) in [5.41, 5.74) is 0.382. The molecule has 2 aromatic rings. The summed E-state index contributed by atoms with van der Waals surface area (Å²) in [6.07, 6.45) is -3.48. The Balaban J connectivity index is 0.000000509. The number of nitrogens with zero attached hydrogens (tertiary/aromatic N) is 2. The maximum absolute atomic E-state index is 14.2. The number of halogens is 4. The highest BCUT2D eigenvalue weighted by atomic mass is 19.4.